The summed E-state index contributed by atoms with van der Waals surface area (Å²) in [5.41, 5.74) is 0.932. The van der Waals surface area contributed by atoms with Crippen LogP contribution >= 0.6 is 23.1 Å². The van der Waals surface area contributed by atoms with Gasteiger partial charge in [0.1, 0.15) is 0 Å². The number of aliphatic hydroxyl groups excluding tert-OH is 1. The van der Waals surface area contributed by atoms with Crippen LogP contribution in [0.5, 0.6) is 0 Å². The van der Waals surface area contributed by atoms with Gasteiger partial charge < -0.3 is 15.7 Å². The van der Waals surface area contributed by atoms with Crippen LogP contribution in [0.15, 0.2) is 10.3 Å². The molecule has 1 aliphatic rings. The minimum Gasteiger partial charge on any atom is -0.395 e. The van der Waals surface area contributed by atoms with Gasteiger partial charge in [-0.15, -0.1) is 23.1 Å². The van der Waals surface area contributed by atoms with Gasteiger partial charge in [0.25, 0.3) is 0 Å². The van der Waals surface area contributed by atoms with E-state index in [1.165, 1.54) is 9.09 Å². The number of rotatable bonds is 5. The van der Waals surface area contributed by atoms with Crippen LogP contribution in [-0.4, -0.2) is 29.4 Å². The molecule has 0 aromatic carbocycles. The Kier molecular flexibility index (Phi) is 4.66. The van der Waals surface area contributed by atoms with E-state index < -0.39 is 0 Å². The van der Waals surface area contributed by atoms with Crippen molar-refractivity contribution in [2.45, 2.75) is 36.6 Å². The highest BCUT2D eigenvalue weighted by Gasteiger charge is 2.21. The fraction of sp³-hybridized carbons (Fsp3) is 0.583. The summed E-state index contributed by atoms with van der Waals surface area (Å²) in [6.07, 6.45) is 0.900. The summed E-state index contributed by atoms with van der Waals surface area (Å²) in [7, 11) is 0. The van der Waals surface area contributed by atoms with Crippen molar-refractivity contribution in [1.82, 2.24) is 5.32 Å². The zero-order chi connectivity index (χ0) is 13.1. The summed E-state index contributed by atoms with van der Waals surface area (Å²) in [6, 6.07) is 2.35. The maximum Gasteiger partial charge on any atom is 0.234 e. The molecule has 0 aliphatic carbocycles. The van der Waals surface area contributed by atoms with Gasteiger partial charge in [0.05, 0.1) is 22.3 Å². The Morgan fingerprint density at radius 2 is 2.39 bits per heavy atom. The number of fused-ring (bicyclic) bond motifs is 1. The predicted molar refractivity (Wildman–Crippen MR) is 76.4 cm³/mol. The number of hydrogen-bond acceptors (Lipinski definition) is 5. The second-order valence-corrected chi connectivity index (χ2v) is 6.69. The van der Waals surface area contributed by atoms with Gasteiger partial charge in [-0.05, 0) is 19.4 Å². The molecule has 18 heavy (non-hydrogen) atoms. The topological polar surface area (TPSA) is 61.4 Å². The first-order valence-electron chi connectivity index (χ1n) is 6.07. The van der Waals surface area contributed by atoms with Gasteiger partial charge in [-0.1, -0.05) is 6.92 Å². The molecule has 3 N–H and O–H groups in total. The van der Waals surface area contributed by atoms with Crippen LogP contribution in [0.2, 0.25) is 0 Å². The Morgan fingerprint density at radius 1 is 1.61 bits per heavy atom. The van der Waals surface area contributed by atoms with Gasteiger partial charge in [0, 0.05) is 17.0 Å². The van der Waals surface area contributed by atoms with Crippen molar-refractivity contribution in [3.63, 3.8) is 0 Å². The molecule has 0 radical (unpaired) electrons. The molecule has 2 rings (SSSR count). The first kappa shape index (κ1) is 13.9. The first-order chi connectivity index (χ1) is 8.63. The summed E-state index contributed by atoms with van der Waals surface area (Å²) < 4.78 is 1.18. The number of nitrogens with one attached hydrogen (secondary N) is 2. The van der Waals surface area contributed by atoms with Crippen LogP contribution in [-0.2, 0) is 4.79 Å². The summed E-state index contributed by atoms with van der Waals surface area (Å²) >= 11 is 3.31. The maximum absolute atomic E-state index is 11.3. The van der Waals surface area contributed by atoms with E-state index in [4.69, 9.17) is 0 Å². The molecular weight excluding hydrogens is 268 g/mol. The minimum absolute atomic E-state index is 0.0688. The molecule has 0 saturated carbocycles. The highest BCUT2D eigenvalue weighted by Crippen LogP contribution is 2.41. The number of thiophene rings is 1. The molecular formula is C12H18N2O2S2. The Balaban J connectivity index is 2.07. The zero-order valence-corrected chi connectivity index (χ0v) is 12.2. The van der Waals surface area contributed by atoms with E-state index >= 15 is 0 Å². The lowest BCUT2D eigenvalue weighted by molar-refractivity contribution is -0.113. The van der Waals surface area contributed by atoms with Crippen molar-refractivity contribution < 1.29 is 9.90 Å². The number of carbonyl (C=O) groups excluding carboxylic acids is 1. The Morgan fingerprint density at radius 3 is 3.06 bits per heavy atom. The molecule has 2 atom stereocenters. The van der Waals surface area contributed by atoms with E-state index in [1.54, 1.807) is 23.1 Å². The molecule has 1 amide bonds. The largest absolute Gasteiger partial charge is 0.395 e. The lowest BCUT2D eigenvalue weighted by Gasteiger charge is -2.19. The summed E-state index contributed by atoms with van der Waals surface area (Å²) in [6.45, 7) is 4.29. The lowest BCUT2D eigenvalue weighted by atomic mass is 10.2. The highest BCUT2D eigenvalue weighted by atomic mass is 32.2. The molecule has 100 valence electrons. The van der Waals surface area contributed by atoms with Gasteiger partial charge in [-0.3, -0.25) is 4.79 Å². The van der Waals surface area contributed by atoms with Gasteiger partial charge in [-0.2, -0.15) is 0 Å². The second kappa shape index (κ2) is 6.06. The van der Waals surface area contributed by atoms with E-state index in [9.17, 15) is 9.90 Å². The van der Waals surface area contributed by atoms with E-state index in [1.807, 2.05) is 6.07 Å². The SMILES string of the molecule is CCC(CO)NC(C)c1cc2c(s1)SCC(=O)N2. The van der Waals surface area contributed by atoms with Crippen molar-refractivity contribution in [2.24, 2.45) is 0 Å². The Bertz CT molecular complexity index is 430. The average Bonchev–Trinajstić information content (AvgIpc) is 2.78. The number of thioether (sulfide) groups is 1. The molecule has 0 spiro atoms. The summed E-state index contributed by atoms with van der Waals surface area (Å²) in [5, 5.41) is 15.5. The number of anilines is 1. The average molecular weight is 286 g/mol. The summed E-state index contributed by atoms with van der Waals surface area (Å²) in [4.78, 5) is 12.5. The third-order valence-electron chi connectivity index (χ3n) is 2.95. The molecule has 2 heterocycles. The van der Waals surface area contributed by atoms with E-state index in [0.717, 1.165) is 12.1 Å². The van der Waals surface area contributed by atoms with Gasteiger partial charge in [0.15, 0.2) is 0 Å². The molecule has 0 saturated heterocycles. The zero-order valence-electron chi connectivity index (χ0n) is 10.5. The van der Waals surface area contributed by atoms with Crippen LogP contribution in [0.1, 0.15) is 31.2 Å². The first-order valence-corrected chi connectivity index (χ1v) is 7.87. The maximum atomic E-state index is 11.3. The number of hydrogen-bond donors (Lipinski definition) is 3. The molecule has 6 heteroatoms. The Labute approximate surface area is 115 Å². The van der Waals surface area contributed by atoms with Crippen molar-refractivity contribution >= 4 is 34.7 Å². The van der Waals surface area contributed by atoms with E-state index in [0.29, 0.717) is 5.75 Å². The molecule has 1 aromatic heterocycles. The quantitative estimate of drug-likeness (QED) is 0.776. The fourth-order valence-electron chi connectivity index (χ4n) is 1.85. The third-order valence-corrected chi connectivity index (χ3v) is 5.56. The van der Waals surface area contributed by atoms with Crippen LogP contribution in [0.3, 0.4) is 0 Å². The van der Waals surface area contributed by atoms with Gasteiger partial charge >= 0.3 is 0 Å². The normalized spacial score (nSPS) is 18.1. The highest BCUT2D eigenvalue weighted by molar-refractivity contribution is 8.02. The number of aliphatic hydroxyl groups is 1. The van der Waals surface area contributed by atoms with Crippen molar-refractivity contribution in [1.29, 1.82) is 0 Å². The smallest absolute Gasteiger partial charge is 0.234 e. The van der Waals surface area contributed by atoms with E-state index in [-0.39, 0.29) is 24.6 Å². The van der Waals surface area contributed by atoms with Crippen molar-refractivity contribution in [2.75, 3.05) is 17.7 Å². The standard InChI is InChI=1S/C12H18N2O2S2/c1-3-8(5-15)13-7(2)10-4-9-12(18-10)17-6-11(16)14-9/h4,7-8,13,15H,3,5-6H2,1-2H3,(H,14,16). The third kappa shape index (κ3) is 3.06. The van der Waals surface area contributed by atoms with Gasteiger partial charge in [-0.25, -0.2) is 0 Å². The fourth-order valence-corrected chi connectivity index (χ4v) is 4.01. The summed E-state index contributed by atoms with van der Waals surface area (Å²) in [5.74, 6) is 0.572. The van der Waals surface area contributed by atoms with Crippen molar-refractivity contribution in [3.05, 3.63) is 10.9 Å². The Hall–Kier alpha value is -0.560. The predicted octanol–water partition coefficient (Wildman–Crippen LogP) is 2.21. The molecule has 4 nitrogen and oxygen atoms in total. The molecule has 1 aromatic rings. The van der Waals surface area contributed by atoms with Gasteiger partial charge in [0.2, 0.25) is 5.91 Å². The molecule has 0 bridgehead atoms. The van der Waals surface area contributed by atoms with Crippen LogP contribution in [0.4, 0.5) is 5.69 Å². The second-order valence-electron chi connectivity index (χ2n) is 4.36. The molecule has 2 unspecified atom stereocenters. The minimum atomic E-state index is 0.0688. The van der Waals surface area contributed by atoms with Crippen LogP contribution in [0.25, 0.3) is 0 Å². The number of amides is 1. The molecule has 1 aliphatic heterocycles. The molecule has 0 fully saturated rings. The van der Waals surface area contributed by atoms with Crippen molar-refractivity contribution in [3.8, 4) is 0 Å². The number of carbonyl (C=O) groups is 1. The lowest BCUT2D eigenvalue weighted by Crippen LogP contribution is -2.33. The van der Waals surface area contributed by atoms with Crippen LogP contribution in [0, 0.1) is 0 Å². The van der Waals surface area contributed by atoms with E-state index in [2.05, 4.69) is 24.5 Å². The van der Waals surface area contributed by atoms with Crippen LogP contribution < -0.4 is 10.6 Å². The monoisotopic (exact) mass is 286 g/mol.